The van der Waals surface area contributed by atoms with Crippen LogP contribution in [-0.2, 0) is 6.42 Å². The molecule has 3 nitrogen and oxygen atoms in total. The molecule has 0 atom stereocenters. The quantitative estimate of drug-likeness (QED) is 0.910. The van der Waals surface area contributed by atoms with E-state index in [2.05, 4.69) is 50.3 Å². The van der Waals surface area contributed by atoms with Crippen LogP contribution in [0.3, 0.4) is 0 Å². The first-order valence-corrected chi connectivity index (χ1v) is 6.90. The second-order valence-electron chi connectivity index (χ2n) is 4.78. The lowest BCUT2D eigenvalue weighted by molar-refractivity contribution is 0.670. The molecule has 90 valence electrons. The fraction of sp³-hybridized carbons (Fsp3) is 0.462. The Balaban J connectivity index is 1.77. The summed E-state index contributed by atoms with van der Waals surface area (Å²) in [4.78, 5) is 8.04. The standard InChI is InChI=1S/C13H16BrN3/c1-8-6-9(14)7-11-13(8)17-12(16-11)4-5-15-10-2-3-10/h6-7,10,15H,2-5H2,1H3,(H,16,17). The van der Waals surface area contributed by atoms with Crippen LogP contribution in [0.2, 0.25) is 0 Å². The van der Waals surface area contributed by atoms with Crippen molar-refractivity contribution in [2.24, 2.45) is 0 Å². The van der Waals surface area contributed by atoms with Gasteiger partial charge in [0.1, 0.15) is 5.82 Å². The van der Waals surface area contributed by atoms with Crippen molar-refractivity contribution >= 4 is 27.0 Å². The van der Waals surface area contributed by atoms with Crippen molar-refractivity contribution in [1.29, 1.82) is 0 Å². The van der Waals surface area contributed by atoms with Gasteiger partial charge in [0.2, 0.25) is 0 Å². The number of hydrogen-bond acceptors (Lipinski definition) is 2. The summed E-state index contributed by atoms with van der Waals surface area (Å²) in [6.07, 6.45) is 3.65. The highest BCUT2D eigenvalue weighted by molar-refractivity contribution is 9.10. The molecule has 0 amide bonds. The minimum atomic E-state index is 0.773. The number of aryl methyl sites for hydroxylation is 1. The van der Waals surface area contributed by atoms with Gasteiger partial charge in [0.25, 0.3) is 0 Å². The van der Waals surface area contributed by atoms with Gasteiger partial charge in [-0.3, -0.25) is 0 Å². The van der Waals surface area contributed by atoms with E-state index in [-0.39, 0.29) is 0 Å². The fourth-order valence-corrected chi connectivity index (χ4v) is 2.67. The molecule has 1 fully saturated rings. The Morgan fingerprint density at radius 2 is 2.29 bits per heavy atom. The van der Waals surface area contributed by atoms with E-state index < -0.39 is 0 Å². The maximum absolute atomic E-state index is 4.65. The number of halogens is 1. The number of benzene rings is 1. The van der Waals surface area contributed by atoms with E-state index in [0.717, 1.165) is 40.3 Å². The molecular weight excluding hydrogens is 278 g/mol. The van der Waals surface area contributed by atoms with E-state index in [1.54, 1.807) is 0 Å². The summed E-state index contributed by atoms with van der Waals surface area (Å²) < 4.78 is 1.11. The van der Waals surface area contributed by atoms with Gasteiger partial charge in [-0.05, 0) is 37.5 Å². The molecule has 1 aliphatic rings. The molecule has 4 heteroatoms. The molecule has 0 saturated heterocycles. The predicted octanol–water partition coefficient (Wildman–Crippen LogP) is 2.93. The van der Waals surface area contributed by atoms with Crippen molar-refractivity contribution in [1.82, 2.24) is 15.3 Å². The van der Waals surface area contributed by atoms with Gasteiger partial charge in [-0.2, -0.15) is 0 Å². The molecule has 1 aromatic carbocycles. The van der Waals surface area contributed by atoms with Gasteiger partial charge in [0, 0.05) is 23.5 Å². The van der Waals surface area contributed by atoms with Gasteiger partial charge >= 0.3 is 0 Å². The second kappa shape index (κ2) is 4.42. The molecule has 1 aromatic heterocycles. The van der Waals surface area contributed by atoms with E-state index in [9.17, 15) is 0 Å². The van der Waals surface area contributed by atoms with Gasteiger partial charge < -0.3 is 10.3 Å². The van der Waals surface area contributed by atoms with Crippen LogP contribution in [0, 0.1) is 6.92 Å². The van der Waals surface area contributed by atoms with Crippen molar-refractivity contribution in [3.8, 4) is 0 Å². The number of rotatable bonds is 4. The molecule has 0 radical (unpaired) electrons. The molecular formula is C13H16BrN3. The maximum Gasteiger partial charge on any atom is 0.108 e. The first-order valence-electron chi connectivity index (χ1n) is 6.10. The van der Waals surface area contributed by atoms with Crippen molar-refractivity contribution < 1.29 is 0 Å². The lowest BCUT2D eigenvalue weighted by Crippen LogP contribution is -2.19. The van der Waals surface area contributed by atoms with Crippen molar-refractivity contribution in [3.63, 3.8) is 0 Å². The van der Waals surface area contributed by atoms with Crippen LogP contribution in [0.15, 0.2) is 16.6 Å². The van der Waals surface area contributed by atoms with Gasteiger partial charge in [-0.15, -0.1) is 0 Å². The molecule has 0 bridgehead atoms. The normalized spacial score (nSPS) is 15.6. The van der Waals surface area contributed by atoms with Crippen molar-refractivity contribution in [2.75, 3.05) is 6.54 Å². The minimum absolute atomic E-state index is 0.773. The Kier molecular flexibility index (Phi) is 2.92. The van der Waals surface area contributed by atoms with Crippen molar-refractivity contribution in [3.05, 3.63) is 28.0 Å². The SMILES string of the molecule is Cc1cc(Br)cc2[nH]c(CCNC3CC3)nc12. The van der Waals surface area contributed by atoms with Gasteiger partial charge in [0.05, 0.1) is 11.0 Å². The molecule has 1 heterocycles. The largest absolute Gasteiger partial charge is 0.342 e. The minimum Gasteiger partial charge on any atom is -0.342 e. The topological polar surface area (TPSA) is 40.7 Å². The summed E-state index contributed by atoms with van der Waals surface area (Å²) in [6, 6.07) is 4.97. The molecule has 2 N–H and O–H groups in total. The Morgan fingerprint density at radius 1 is 1.47 bits per heavy atom. The number of hydrogen-bond donors (Lipinski definition) is 2. The first-order chi connectivity index (χ1) is 8.22. The third-order valence-corrected chi connectivity index (χ3v) is 3.62. The summed E-state index contributed by atoms with van der Waals surface area (Å²) in [5.41, 5.74) is 3.43. The van der Waals surface area contributed by atoms with Crippen LogP contribution in [0.4, 0.5) is 0 Å². The van der Waals surface area contributed by atoms with E-state index >= 15 is 0 Å². The molecule has 1 saturated carbocycles. The summed E-state index contributed by atoms with van der Waals surface area (Å²) in [5.74, 6) is 1.08. The van der Waals surface area contributed by atoms with Gasteiger partial charge in [-0.25, -0.2) is 4.98 Å². The highest BCUT2D eigenvalue weighted by Gasteiger charge is 2.19. The molecule has 1 aliphatic carbocycles. The van der Waals surface area contributed by atoms with E-state index in [0.29, 0.717) is 0 Å². The van der Waals surface area contributed by atoms with E-state index in [1.165, 1.54) is 18.4 Å². The average molecular weight is 294 g/mol. The number of aromatic amines is 1. The second-order valence-corrected chi connectivity index (χ2v) is 5.70. The molecule has 0 unspecified atom stereocenters. The van der Waals surface area contributed by atoms with Crippen LogP contribution in [0.5, 0.6) is 0 Å². The lowest BCUT2D eigenvalue weighted by atomic mass is 10.2. The average Bonchev–Trinajstić information content (AvgIpc) is 2.98. The molecule has 17 heavy (non-hydrogen) atoms. The Labute approximate surface area is 109 Å². The molecule has 2 aromatic rings. The maximum atomic E-state index is 4.65. The summed E-state index contributed by atoms with van der Waals surface area (Å²) in [5, 5.41) is 3.51. The van der Waals surface area contributed by atoms with Gasteiger partial charge in [-0.1, -0.05) is 15.9 Å². The smallest absolute Gasteiger partial charge is 0.108 e. The number of nitrogens with zero attached hydrogens (tertiary/aromatic N) is 1. The van der Waals surface area contributed by atoms with Crippen LogP contribution in [-0.4, -0.2) is 22.6 Å². The third kappa shape index (κ3) is 2.53. The Bertz CT molecular complexity index is 543. The zero-order chi connectivity index (χ0) is 11.8. The zero-order valence-corrected chi connectivity index (χ0v) is 11.5. The number of aromatic nitrogens is 2. The lowest BCUT2D eigenvalue weighted by Gasteiger charge is -1.98. The number of imidazole rings is 1. The fourth-order valence-electron chi connectivity index (χ4n) is 2.10. The van der Waals surface area contributed by atoms with Gasteiger partial charge in [0.15, 0.2) is 0 Å². The number of H-pyrrole nitrogens is 1. The summed E-state index contributed by atoms with van der Waals surface area (Å²) >= 11 is 3.51. The molecule has 3 rings (SSSR count). The van der Waals surface area contributed by atoms with E-state index in [4.69, 9.17) is 0 Å². The van der Waals surface area contributed by atoms with Crippen LogP contribution in [0.1, 0.15) is 24.2 Å². The Hall–Kier alpha value is -0.870. The van der Waals surface area contributed by atoms with Crippen LogP contribution >= 0.6 is 15.9 Å². The van der Waals surface area contributed by atoms with Crippen LogP contribution in [0.25, 0.3) is 11.0 Å². The summed E-state index contributed by atoms with van der Waals surface area (Å²) in [6.45, 7) is 3.12. The molecule has 0 spiro atoms. The highest BCUT2D eigenvalue weighted by atomic mass is 79.9. The summed E-state index contributed by atoms with van der Waals surface area (Å²) in [7, 11) is 0. The Morgan fingerprint density at radius 3 is 3.06 bits per heavy atom. The predicted molar refractivity (Wildman–Crippen MR) is 73.3 cm³/mol. The zero-order valence-electron chi connectivity index (χ0n) is 9.89. The third-order valence-electron chi connectivity index (χ3n) is 3.16. The monoisotopic (exact) mass is 293 g/mol. The number of fused-ring (bicyclic) bond motifs is 1. The first kappa shape index (κ1) is 11.2. The number of nitrogens with one attached hydrogen (secondary N) is 2. The van der Waals surface area contributed by atoms with Crippen LogP contribution < -0.4 is 5.32 Å². The molecule has 0 aliphatic heterocycles. The van der Waals surface area contributed by atoms with Crippen molar-refractivity contribution in [2.45, 2.75) is 32.2 Å². The highest BCUT2D eigenvalue weighted by Crippen LogP contribution is 2.22. The van der Waals surface area contributed by atoms with E-state index in [1.807, 2.05) is 0 Å².